The van der Waals surface area contributed by atoms with Crippen LogP contribution in [0.4, 0.5) is 0 Å². The van der Waals surface area contributed by atoms with Crippen LogP contribution < -0.4 is 5.32 Å². The quantitative estimate of drug-likeness (QED) is 0.851. The Hall–Kier alpha value is -1.85. The summed E-state index contributed by atoms with van der Waals surface area (Å²) in [6.07, 6.45) is 1.20. The van der Waals surface area contributed by atoms with E-state index in [0.717, 1.165) is 0 Å². The number of nitrogens with one attached hydrogen (secondary N) is 1. The van der Waals surface area contributed by atoms with E-state index in [9.17, 15) is 9.59 Å². The number of hydrogen-bond donors (Lipinski definition) is 2. The van der Waals surface area contributed by atoms with Crippen molar-refractivity contribution in [3.05, 3.63) is 17.5 Å². The fourth-order valence-corrected chi connectivity index (χ4v) is 1.50. The van der Waals surface area contributed by atoms with Crippen molar-refractivity contribution < 1.29 is 19.2 Å². The standard InChI is InChI=1S/C12H18N2O4/c1-7-8(6-13-18-7)11(17)14-9(5-10(15)16)12(2,3)4/h6,9H,5H2,1-4H3,(H,14,17)(H,15,16). The Morgan fingerprint density at radius 2 is 2.11 bits per heavy atom. The fourth-order valence-electron chi connectivity index (χ4n) is 1.50. The molecule has 18 heavy (non-hydrogen) atoms. The van der Waals surface area contributed by atoms with Crippen molar-refractivity contribution in [2.24, 2.45) is 5.41 Å². The summed E-state index contributed by atoms with van der Waals surface area (Å²) in [7, 11) is 0. The Morgan fingerprint density at radius 1 is 1.50 bits per heavy atom. The number of aliphatic carboxylic acids is 1. The number of carbonyl (C=O) groups is 2. The van der Waals surface area contributed by atoms with Crippen molar-refractivity contribution in [1.82, 2.24) is 10.5 Å². The van der Waals surface area contributed by atoms with Crippen LogP contribution in [0.3, 0.4) is 0 Å². The van der Waals surface area contributed by atoms with Gasteiger partial charge in [-0.1, -0.05) is 25.9 Å². The van der Waals surface area contributed by atoms with Gasteiger partial charge in [0.1, 0.15) is 11.3 Å². The highest BCUT2D eigenvalue weighted by Gasteiger charge is 2.29. The number of aryl methyl sites for hydroxylation is 1. The van der Waals surface area contributed by atoms with Crippen LogP contribution in [0.15, 0.2) is 10.7 Å². The summed E-state index contributed by atoms with van der Waals surface area (Å²) in [5, 5.41) is 15.1. The molecule has 0 aliphatic rings. The minimum absolute atomic E-state index is 0.125. The number of hydrogen-bond acceptors (Lipinski definition) is 4. The monoisotopic (exact) mass is 254 g/mol. The number of carbonyl (C=O) groups excluding carboxylic acids is 1. The molecule has 0 spiro atoms. The third-order valence-electron chi connectivity index (χ3n) is 2.72. The Bertz CT molecular complexity index is 445. The van der Waals surface area contributed by atoms with Crippen molar-refractivity contribution in [3.8, 4) is 0 Å². The first-order valence-corrected chi connectivity index (χ1v) is 5.65. The molecule has 100 valence electrons. The number of carboxylic acid groups (broad SMARTS) is 1. The summed E-state index contributed by atoms with van der Waals surface area (Å²) >= 11 is 0. The summed E-state index contributed by atoms with van der Waals surface area (Å²) in [4.78, 5) is 22.8. The Kier molecular flexibility index (Phi) is 4.11. The van der Waals surface area contributed by atoms with E-state index in [1.54, 1.807) is 6.92 Å². The van der Waals surface area contributed by atoms with E-state index in [4.69, 9.17) is 9.63 Å². The minimum atomic E-state index is -0.947. The maximum atomic E-state index is 12.0. The average molecular weight is 254 g/mol. The molecule has 0 fully saturated rings. The molecule has 6 nitrogen and oxygen atoms in total. The largest absolute Gasteiger partial charge is 0.481 e. The van der Waals surface area contributed by atoms with Crippen LogP contribution in [-0.2, 0) is 4.79 Å². The second kappa shape index (κ2) is 5.20. The molecule has 0 saturated carbocycles. The third-order valence-corrected chi connectivity index (χ3v) is 2.72. The third kappa shape index (κ3) is 3.58. The van der Waals surface area contributed by atoms with E-state index >= 15 is 0 Å². The average Bonchev–Trinajstić information content (AvgIpc) is 2.61. The van der Waals surface area contributed by atoms with Gasteiger partial charge in [0.15, 0.2) is 0 Å². The molecular weight excluding hydrogens is 236 g/mol. The molecule has 1 amide bonds. The van der Waals surface area contributed by atoms with Crippen LogP contribution >= 0.6 is 0 Å². The molecular formula is C12H18N2O4. The van der Waals surface area contributed by atoms with Crippen LogP contribution in [0.1, 0.15) is 43.3 Å². The second-order valence-corrected chi connectivity index (χ2v) is 5.29. The Balaban J connectivity index is 2.82. The lowest BCUT2D eigenvalue weighted by atomic mass is 9.84. The smallest absolute Gasteiger partial charge is 0.305 e. The predicted molar refractivity (Wildman–Crippen MR) is 64.2 cm³/mol. The number of rotatable bonds is 4. The van der Waals surface area contributed by atoms with Crippen molar-refractivity contribution in [3.63, 3.8) is 0 Å². The molecule has 1 heterocycles. The van der Waals surface area contributed by atoms with Gasteiger partial charge in [0.05, 0.1) is 12.6 Å². The highest BCUT2D eigenvalue weighted by Crippen LogP contribution is 2.22. The molecule has 0 aliphatic heterocycles. The van der Waals surface area contributed by atoms with Gasteiger partial charge in [-0.25, -0.2) is 0 Å². The predicted octanol–water partition coefficient (Wildman–Crippen LogP) is 1.60. The summed E-state index contributed by atoms with van der Waals surface area (Å²) in [5.41, 5.74) is -0.0197. The van der Waals surface area contributed by atoms with E-state index in [-0.39, 0.29) is 17.7 Å². The molecule has 0 aromatic carbocycles. The molecule has 0 aliphatic carbocycles. The van der Waals surface area contributed by atoms with Crippen LogP contribution in [0.5, 0.6) is 0 Å². The first kappa shape index (κ1) is 14.2. The van der Waals surface area contributed by atoms with Gasteiger partial charge in [0, 0.05) is 6.04 Å². The van der Waals surface area contributed by atoms with Gasteiger partial charge in [-0.3, -0.25) is 9.59 Å². The summed E-state index contributed by atoms with van der Waals surface area (Å²) in [5.74, 6) is -0.900. The highest BCUT2D eigenvalue weighted by molar-refractivity contribution is 5.95. The van der Waals surface area contributed by atoms with E-state index in [2.05, 4.69) is 10.5 Å². The molecule has 1 aromatic rings. The van der Waals surface area contributed by atoms with E-state index < -0.39 is 12.0 Å². The normalized spacial score (nSPS) is 13.1. The molecule has 1 unspecified atom stereocenters. The van der Waals surface area contributed by atoms with Crippen molar-refractivity contribution in [1.29, 1.82) is 0 Å². The van der Waals surface area contributed by atoms with Crippen molar-refractivity contribution in [2.75, 3.05) is 0 Å². The Morgan fingerprint density at radius 3 is 2.50 bits per heavy atom. The molecule has 1 rings (SSSR count). The van der Waals surface area contributed by atoms with Crippen LogP contribution in [0.25, 0.3) is 0 Å². The zero-order valence-electron chi connectivity index (χ0n) is 11.0. The lowest BCUT2D eigenvalue weighted by Crippen LogP contribution is -2.45. The van der Waals surface area contributed by atoms with Gasteiger partial charge in [-0.2, -0.15) is 0 Å². The maximum absolute atomic E-state index is 12.0. The number of carboxylic acids is 1. The minimum Gasteiger partial charge on any atom is -0.481 e. The van der Waals surface area contributed by atoms with Gasteiger partial charge < -0.3 is 14.9 Å². The molecule has 6 heteroatoms. The second-order valence-electron chi connectivity index (χ2n) is 5.29. The summed E-state index contributed by atoms with van der Waals surface area (Å²) < 4.78 is 4.81. The lowest BCUT2D eigenvalue weighted by molar-refractivity contribution is -0.138. The van der Waals surface area contributed by atoms with Gasteiger partial charge in [-0.15, -0.1) is 0 Å². The first-order chi connectivity index (χ1) is 8.21. The van der Waals surface area contributed by atoms with Gasteiger partial charge >= 0.3 is 5.97 Å². The number of amides is 1. The first-order valence-electron chi connectivity index (χ1n) is 5.65. The topological polar surface area (TPSA) is 92.4 Å². The zero-order valence-corrected chi connectivity index (χ0v) is 11.0. The maximum Gasteiger partial charge on any atom is 0.305 e. The van der Waals surface area contributed by atoms with Gasteiger partial charge in [0.2, 0.25) is 0 Å². The molecule has 0 radical (unpaired) electrons. The molecule has 0 saturated heterocycles. The van der Waals surface area contributed by atoms with Crippen LogP contribution in [0, 0.1) is 12.3 Å². The van der Waals surface area contributed by atoms with E-state index in [1.165, 1.54) is 6.20 Å². The number of aromatic nitrogens is 1. The Labute approximate surface area is 105 Å². The van der Waals surface area contributed by atoms with Crippen molar-refractivity contribution in [2.45, 2.75) is 40.2 Å². The molecule has 2 N–H and O–H groups in total. The van der Waals surface area contributed by atoms with Gasteiger partial charge in [-0.05, 0) is 12.3 Å². The summed E-state index contributed by atoms with van der Waals surface area (Å²) in [6, 6.07) is -0.461. The summed E-state index contributed by atoms with van der Waals surface area (Å²) in [6.45, 7) is 7.26. The number of nitrogens with zero attached hydrogens (tertiary/aromatic N) is 1. The molecule has 1 atom stereocenters. The highest BCUT2D eigenvalue weighted by atomic mass is 16.5. The fraction of sp³-hybridized carbons (Fsp3) is 0.583. The van der Waals surface area contributed by atoms with Gasteiger partial charge in [0.25, 0.3) is 5.91 Å². The van der Waals surface area contributed by atoms with E-state index in [1.807, 2.05) is 20.8 Å². The molecule has 1 aromatic heterocycles. The van der Waals surface area contributed by atoms with Crippen LogP contribution in [-0.4, -0.2) is 28.2 Å². The molecule has 0 bridgehead atoms. The van der Waals surface area contributed by atoms with Crippen molar-refractivity contribution >= 4 is 11.9 Å². The van der Waals surface area contributed by atoms with E-state index in [0.29, 0.717) is 11.3 Å². The lowest BCUT2D eigenvalue weighted by Gasteiger charge is -2.30. The SMILES string of the molecule is Cc1oncc1C(=O)NC(CC(=O)O)C(C)(C)C. The zero-order chi connectivity index (χ0) is 13.9. The van der Waals surface area contributed by atoms with Crippen LogP contribution in [0.2, 0.25) is 0 Å².